The van der Waals surface area contributed by atoms with Gasteiger partial charge in [0.25, 0.3) is 0 Å². The summed E-state index contributed by atoms with van der Waals surface area (Å²) in [5, 5.41) is 1.30. The minimum atomic E-state index is -0.237. The van der Waals surface area contributed by atoms with Gasteiger partial charge in [-0.2, -0.15) is 0 Å². The van der Waals surface area contributed by atoms with Crippen molar-refractivity contribution in [1.82, 2.24) is 0 Å². The predicted molar refractivity (Wildman–Crippen MR) is 68.0 cm³/mol. The number of benzene rings is 1. The quantitative estimate of drug-likeness (QED) is 0.694. The Morgan fingerprint density at radius 3 is 2.73 bits per heavy atom. The van der Waals surface area contributed by atoms with Gasteiger partial charge in [-0.25, -0.2) is 4.39 Å². The molecule has 0 saturated heterocycles. The van der Waals surface area contributed by atoms with Crippen LogP contribution >= 0.6 is 27.5 Å². The van der Waals surface area contributed by atoms with E-state index in [1.807, 2.05) is 6.08 Å². The Kier molecular flexibility index (Phi) is 4.81. The second kappa shape index (κ2) is 5.66. The molecule has 0 amide bonds. The van der Waals surface area contributed by atoms with Crippen LogP contribution in [0.3, 0.4) is 0 Å². The first-order chi connectivity index (χ1) is 7.04. The lowest BCUT2D eigenvalue weighted by atomic mass is 10.0. The van der Waals surface area contributed by atoms with Crippen LogP contribution < -0.4 is 0 Å². The molecule has 0 unspecified atom stereocenters. The van der Waals surface area contributed by atoms with Gasteiger partial charge in [-0.15, -0.1) is 0 Å². The molecule has 0 aliphatic carbocycles. The Hall–Kier alpha value is -0.340. The van der Waals surface area contributed by atoms with Crippen molar-refractivity contribution in [3.63, 3.8) is 0 Å². The SMILES string of the molecule is CC(C)/C(=C/c1cc(Cl)ccc1F)CBr. The summed E-state index contributed by atoms with van der Waals surface area (Å²) >= 11 is 9.21. The van der Waals surface area contributed by atoms with E-state index in [1.54, 1.807) is 12.1 Å². The summed E-state index contributed by atoms with van der Waals surface area (Å²) in [5.74, 6) is 0.154. The normalized spacial score (nSPS) is 12.3. The maximum Gasteiger partial charge on any atom is 0.130 e. The Labute approximate surface area is 103 Å². The molecule has 3 heteroatoms. The van der Waals surface area contributed by atoms with Crippen molar-refractivity contribution in [2.75, 3.05) is 5.33 Å². The lowest BCUT2D eigenvalue weighted by Gasteiger charge is -2.08. The lowest BCUT2D eigenvalue weighted by Crippen LogP contribution is -1.95. The van der Waals surface area contributed by atoms with Gasteiger partial charge in [-0.05, 0) is 24.1 Å². The van der Waals surface area contributed by atoms with Crippen molar-refractivity contribution >= 4 is 33.6 Å². The first-order valence-corrected chi connectivity index (χ1v) is 6.26. The minimum Gasteiger partial charge on any atom is -0.206 e. The molecule has 15 heavy (non-hydrogen) atoms. The van der Waals surface area contributed by atoms with E-state index in [0.29, 0.717) is 16.5 Å². The van der Waals surface area contributed by atoms with Crippen LogP contribution in [0.25, 0.3) is 6.08 Å². The maximum atomic E-state index is 13.4. The summed E-state index contributed by atoms with van der Waals surface area (Å²) in [7, 11) is 0. The fourth-order valence-corrected chi connectivity index (χ4v) is 2.17. The van der Waals surface area contributed by atoms with Crippen molar-refractivity contribution < 1.29 is 4.39 Å². The molecule has 1 rings (SSSR count). The van der Waals surface area contributed by atoms with Crippen LogP contribution in [-0.2, 0) is 0 Å². The van der Waals surface area contributed by atoms with Crippen LogP contribution in [0.5, 0.6) is 0 Å². The average Bonchev–Trinajstić information content (AvgIpc) is 2.18. The summed E-state index contributed by atoms with van der Waals surface area (Å²) in [6, 6.07) is 4.58. The van der Waals surface area contributed by atoms with Gasteiger partial charge in [-0.1, -0.05) is 53.0 Å². The number of hydrogen-bond donors (Lipinski definition) is 0. The second-order valence-corrected chi connectivity index (χ2v) is 4.67. The van der Waals surface area contributed by atoms with Crippen LogP contribution in [0.4, 0.5) is 4.39 Å². The highest BCUT2D eigenvalue weighted by Gasteiger charge is 2.05. The zero-order valence-electron chi connectivity index (χ0n) is 8.73. The first kappa shape index (κ1) is 12.7. The molecule has 0 aliphatic rings. The van der Waals surface area contributed by atoms with Gasteiger partial charge in [0, 0.05) is 15.9 Å². The highest BCUT2D eigenvalue weighted by atomic mass is 79.9. The van der Waals surface area contributed by atoms with Crippen LogP contribution in [0.2, 0.25) is 5.02 Å². The Bertz CT molecular complexity index is 372. The third-order valence-corrected chi connectivity index (χ3v) is 3.08. The van der Waals surface area contributed by atoms with Crippen molar-refractivity contribution in [2.45, 2.75) is 13.8 Å². The molecule has 0 aliphatic heterocycles. The lowest BCUT2D eigenvalue weighted by molar-refractivity contribution is 0.624. The molecule has 0 fully saturated rings. The van der Waals surface area contributed by atoms with Crippen LogP contribution in [-0.4, -0.2) is 5.33 Å². The van der Waals surface area contributed by atoms with Crippen molar-refractivity contribution in [3.05, 3.63) is 40.2 Å². The third kappa shape index (κ3) is 3.62. The fourth-order valence-electron chi connectivity index (χ4n) is 1.18. The van der Waals surface area contributed by atoms with Gasteiger partial charge in [0.05, 0.1) is 0 Å². The first-order valence-electron chi connectivity index (χ1n) is 4.76. The van der Waals surface area contributed by atoms with Crippen LogP contribution in [0, 0.1) is 11.7 Å². The standard InChI is InChI=1S/C12H13BrClF/c1-8(2)10(7-13)5-9-6-11(14)3-4-12(9)15/h3-6,8H,7H2,1-2H3/b10-5+. The molecule has 1 aromatic rings. The Balaban J connectivity index is 3.10. The third-order valence-electron chi connectivity index (χ3n) is 2.19. The largest absolute Gasteiger partial charge is 0.206 e. The highest BCUT2D eigenvalue weighted by molar-refractivity contribution is 9.09. The molecule has 1 aromatic carbocycles. The van der Waals surface area contributed by atoms with Gasteiger partial charge in [-0.3, -0.25) is 0 Å². The summed E-state index contributed by atoms with van der Waals surface area (Å²) in [6.07, 6.45) is 1.85. The Morgan fingerprint density at radius 1 is 1.53 bits per heavy atom. The zero-order valence-corrected chi connectivity index (χ0v) is 11.1. The summed E-state index contributed by atoms with van der Waals surface area (Å²) in [5.41, 5.74) is 1.70. The molecule has 0 atom stereocenters. The maximum absolute atomic E-state index is 13.4. The van der Waals surface area contributed by atoms with Gasteiger partial charge in [0.1, 0.15) is 5.82 Å². The molecule has 0 N–H and O–H groups in total. The van der Waals surface area contributed by atoms with Crippen molar-refractivity contribution in [3.8, 4) is 0 Å². The van der Waals surface area contributed by atoms with Gasteiger partial charge < -0.3 is 0 Å². The summed E-state index contributed by atoms with van der Waals surface area (Å²) in [4.78, 5) is 0. The number of rotatable bonds is 3. The van der Waals surface area contributed by atoms with Gasteiger partial charge in [0.15, 0.2) is 0 Å². The van der Waals surface area contributed by atoms with E-state index in [0.717, 1.165) is 10.9 Å². The number of halogens is 3. The predicted octanol–water partition coefficient (Wildman–Crippen LogP) is 4.91. The number of alkyl halides is 1. The van der Waals surface area contributed by atoms with E-state index in [9.17, 15) is 4.39 Å². The average molecular weight is 292 g/mol. The van der Waals surface area contributed by atoms with E-state index in [2.05, 4.69) is 29.8 Å². The molecule has 0 heterocycles. The summed E-state index contributed by atoms with van der Waals surface area (Å²) in [6.45, 7) is 4.16. The molecule has 0 spiro atoms. The molecular weight excluding hydrogens is 278 g/mol. The fraction of sp³-hybridized carbons (Fsp3) is 0.333. The van der Waals surface area contributed by atoms with E-state index in [-0.39, 0.29) is 5.82 Å². The molecule has 0 saturated carbocycles. The van der Waals surface area contributed by atoms with Gasteiger partial charge >= 0.3 is 0 Å². The zero-order chi connectivity index (χ0) is 11.4. The van der Waals surface area contributed by atoms with Crippen molar-refractivity contribution in [2.24, 2.45) is 5.92 Å². The number of hydrogen-bond acceptors (Lipinski definition) is 0. The number of allylic oxidation sites excluding steroid dienone is 1. The molecule has 0 aromatic heterocycles. The monoisotopic (exact) mass is 290 g/mol. The topological polar surface area (TPSA) is 0 Å². The van der Waals surface area contributed by atoms with Crippen LogP contribution in [0.15, 0.2) is 23.8 Å². The summed E-state index contributed by atoms with van der Waals surface area (Å²) < 4.78 is 13.4. The van der Waals surface area contributed by atoms with Gasteiger partial charge in [0.2, 0.25) is 0 Å². The molecular formula is C12H13BrClF. The van der Waals surface area contributed by atoms with Crippen molar-refractivity contribution in [1.29, 1.82) is 0 Å². The second-order valence-electron chi connectivity index (χ2n) is 3.67. The highest BCUT2D eigenvalue weighted by Crippen LogP contribution is 2.21. The molecule has 0 bridgehead atoms. The molecule has 82 valence electrons. The van der Waals surface area contributed by atoms with E-state index in [1.165, 1.54) is 6.07 Å². The molecule has 0 nitrogen and oxygen atoms in total. The van der Waals surface area contributed by atoms with Crippen LogP contribution in [0.1, 0.15) is 19.4 Å². The minimum absolute atomic E-state index is 0.237. The van der Waals surface area contributed by atoms with E-state index in [4.69, 9.17) is 11.6 Å². The smallest absolute Gasteiger partial charge is 0.130 e. The molecule has 0 radical (unpaired) electrons. The Morgan fingerprint density at radius 2 is 2.20 bits per heavy atom. The van der Waals surface area contributed by atoms with E-state index < -0.39 is 0 Å². The van der Waals surface area contributed by atoms with E-state index >= 15 is 0 Å².